The summed E-state index contributed by atoms with van der Waals surface area (Å²) in [5, 5.41) is 2.98. The molecule has 32 heavy (non-hydrogen) atoms. The fourth-order valence-corrected chi connectivity index (χ4v) is 4.48. The Bertz CT molecular complexity index is 873. The molecular formula is C22H33N4O5S+. The predicted octanol–water partition coefficient (Wildman–Crippen LogP) is 2.68. The number of amides is 2. The zero-order valence-corrected chi connectivity index (χ0v) is 20.1. The zero-order valence-electron chi connectivity index (χ0n) is 19.3. The molecule has 1 unspecified atom stereocenters. The van der Waals surface area contributed by atoms with Gasteiger partial charge in [-0.05, 0) is 45.4 Å². The van der Waals surface area contributed by atoms with Gasteiger partial charge in [-0.2, -0.15) is 4.58 Å². The van der Waals surface area contributed by atoms with Crippen molar-refractivity contribution in [1.82, 2.24) is 10.2 Å². The van der Waals surface area contributed by atoms with Crippen molar-refractivity contribution >= 4 is 29.8 Å². The minimum absolute atomic E-state index is 0.171. The molecule has 1 fully saturated rings. The van der Waals surface area contributed by atoms with Gasteiger partial charge < -0.3 is 19.5 Å². The minimum atomic E-state index is -0.716. The van der Waals surface area contributed by atoms with Crippen molar-refractivity contribution < 1.29 is 28.4 Å². The number of likely N-dealkylation sites (tertiary alicyclic amines) is 1. The molecule has 0 radical (unpaired) electrons. The number of nitrogens with one attached hydrogen (secondary N) is 1. The first kappa shape index (κ1) is 24.2. The minimum Gasteiger partial charge on any atom is -0.445 e. The van der Waals surface area contributed by atoms with Crippen LogP contribution in [0.4, 0.5) is 9.59 Å². The van der Waals surface area contributed by atoms with Crippen LogP contribution in [0.2, 0.25) is 0 Å². The highest BCUT2D eigenvalue weighted by molar-refractivity contribution is 8.00. The SMILES string of the molecule is CS[C@@]1(NC(=O)OCc2ccccc2)CC[C@H](C2=[N+](C)C(N)O2)N(C(=O)OC(C)(C)C)C1. The smallest absolute Gasteiger partial charge is 0.411 e. The number of carbonyl (C=O) groups is 2. The molecule has 2 heterocycles. The number of hydrogen-bond donors (Lipinski definition) is 2. The molecule has 176 valence electrons. The predicted molar refractivity (Wildman–Crippen MR) is 122 cm³/mol. The Morgan fingerprint density at radius 2 is 2.03 bits per heavy atom. The molecule has 0 aliphatic carbocycles. The van der Waals surface area contributed by atoms with Gasteiger partial charge in [0.25, 0.3) is 0 Å². The molecule has 0 saturated carbocycles. The number of rotatable bonds is 5. The number of carbonyl (C=O) groups excluding carboxylic acids is 2. The number of thioether (sulfide) groups is 1. The lowest BCUT2D eigenvalue weighted by Crippen LogP contribution is -2.66. The summed E-state index contributed by atoms with van der Waals surface area (Å²) in [6.07, 6.45) is 1.58. The normalized spacial score (nSPS) is 25.5. The van der Waals surface area contributed by atoms with Crippen molar-refractivity contribution in [2.24, 2.45) is 5.73 Å². The van der Waals surface area contributed by atoms with E-state index in [0.717, 1.165) is 5.56 Å². The summed E-state index contributed by atoms with van der Waals surface area (Å²) in [5.74, 6) is 0.629. The van der Waals surface area contributed by atoms with E-state index in [2.05, 4.69) is 5.32 Å². The van der Waals surface area contributed by atoms with Crippen molar-refractivity contribution in [3.8, 4) is 0 Å². The number of benzene rings is 1. The Balaban J connectivity index is 1.74. The number of nitrogens with two attached hydrogens (primary N) is 1. The average molecular weight is 466 g/mol. The molecule has 2 aliphatic heterocycles. The van der Waals surface area contributed by atoms with Crippen LogP contribution in [0.5, 0.6) is 0 Å². The van der Waals surface area contributed by atoms with E-state index in [4.69, 9.17) is 19.9 Å². The third-order valence-electron chi connectivity index (χ3n) is 5.44. The van der Waals surface area contributed by atoms with Gasteiger partial charge in [0.15, 0.2) is 6.04 Å². The molecule has 10 heteroatoms. The molecule has 3 rings (SSSR count). The molecule has 1 saturated heterocycles. The molecule has 1 aromatic carbocycles. The Labute approximate surface area is 193 Å². The van der Waals surface area contributed by atoms with Crippen molar-refractivity contribution in [3.63, 3.8) is 0 Å². The van der Waals surface area contributed by atoms with Gasteiger partial charge in [-0.1, -0.05) is 30.3 Å². The van der Waals surface area contributed by atoms with Crippen molar-refractivity contribution in [2.75, 3.05) is 19.8 Å². The van der Waals surface area contributed by atoms with Gasteiger partial charge in [-0.25, -0.2) is 15.3 Å². The number of alkyl carbamates (subject to hydrolysis) is 1. The van der Waals surface area contributed by atoms with Crippen LogP contribution in [0.15, 0.2) is 30.3 Å². The third kappa shape index (κ3) is 5.66. The summed E-state index contributed by atoms with van der Waals surface area (Å²) in [4.78, 5) is 26.6. The second-order valence-electron chi connectivity index (χ2n) is 9.01. The molecule has 2 amide bonds. The van der Waals surface area contributed by atoms with Gasteiger partial charge in [-0.15, -0.1) is 11.8 Å². The van der Waals surface area contributed by atoms with E-state index in [9.17, 15) is 9.59 Å². The molecule has 0 spiro atoms. The van der Waals surface area contributed by atoms with Crippen LogP contribution in [0.1, 0.15) is 39.2 Å². The van der Waals surface area contributed by atoms with E-state index in [1.807, 2.05) is 64.4 Å². The molecular weight excluding hydrogens is 432 g/mol. The molecule has 0 bridgehead atoms. The molecule has 2 aliphatic rings. The highest BCUT2D eigenvalue weighted by Gasteiger charge is 2.52. The molecule has 1 aromatic rings. The van der Waals surface area contributed by atoms with Crippen LogP contribution in [0.25, 0.3) is 0 Å². The zero-order chi connectivity index (χ0) is 23.5. The Kier molecular flexibility index (Phi) is 7.24. The number of ether oxygens (including phenoxy) is 3. The maximum atomic E-state index is 13.1. The van der Waals surface area contributed by atoms with Gasteiger partial charge in [-0.3, -0.25) is 4.90 Å². The number of nitrogens with zero attached hydrogens (tertiary/aromatic N) is 2. The van der Waals surface area contributed by atoms with Gasteiger partial charge >= 0.3 is 24.4 Å². The maximum Gasteiger partial charge on any atom is 0.411 e. The first-order valence-corrected chi connectivity index (χ1v) is 11.8. The largest absolute Gasteiger partial charge is 0.445 e. The molecule has 3 N–H and O–H groups in total. The van der Waals surface area contributed by atoms with Crippen molar-refractivity contribution in [2.45, 2.75) is 63.1 Å². The Morgan fingerprint density at radius 1 is 1.34 bits per heavy atom. The van der Waals surface area contributed by atoms with E-state index in [0.29, 0.717) is 18.7 Å². The number of piperidine rings is 1. The van der Waals surface area contributed by atoms with Gasteiger partial charge in [0, 0.05) is 0 Å². The fraction of sp³-hybridized carbons (Fsp3) is 0.591. The average Bonchev–Trinajstić information content (AvgIpc) is 2.75. The van der Waals surface area contributed by atoms with Gasteiger partial charge in [0.2, 0.25) is 0 Å². The van der Waals surface area contributed by atoms with E-state index in [1.54, 1.807) is 9.48 Å². The molecule has 0 aromatic heterocycles. The quantitative estimate of drug-likeness (QED) is 0.509. The summed E-state index contributed by atoms with van der Waals surface area (Å²) in [5.41, 5.74) is 6.08. The van der Waals surface area contributed by atoms with Crippen LogP contribution < -0.4 is 11.1 Å². The van der Waals surface area contributed by atoms with Crippen LogP contribution in [-0.2, 0) is 20.8 Å². The maximum absolute atomic E-state index is 13.1. The number of hydrogen-bond acceptors (Lipinski definition) is 7. The Morgan fingerprint density at radius 3 is 2.59 bits per heavy atom. The van der Waals surface area contributed by atoms with Crippen LogP contribution in [0, 0.1) is 0 Å². The van der Waals surface area contributed by atoms with Crippen LogP contribution in [0.3, 0.4) is 0 Å². The van der Waals surface area contributed by atoms with E-state index in [1.165, 1.54) is 11.8 Å². The van der Waals surface area contributed by atoms with Crippen molar-refractivity contribution in [3.05, 3.63) is 35.9 Å². The molecule has 3 atom stereocenters. The first-order chi connectivity index (χ1) is 15.0. The van der Waals surface area contributed by atoms with E-state index < -0.39 is 29.0 Å². The summed E-state index contributed by atoms with van der Waals surface area (Å²) >= 11 is 1.47. The highest BCUT2D eigenvalue weighted by Crippen LogP contribution is 2.36. The first-order valence-electron chi connectivity index (χ1n) is 10.6. The third-order valence-corrected chi connectivity index (χ3v) is 6.66. The molecule has 9 nitrogen and oxygen atoms in total. The van der Waals surface area contributed by atoms with Crippen LogP contribution >= 0.6 is 11.8 Å². The van der Waals surface area contributed by atoms with Gasteiger partial charge in [0.1, 0.15) is 24.1 Å². The van der Waals surface area contributed by atoms with Gasteiger partial charge in [0.05, 0.1) is 6.54 Å². The lowest BCUT2D eigenvalue weighted by atomic mass is 9.97. The van der Waals surface area contributed by atoms with E-state index in [-0.39, 0.29) is 19.2 Å². The second-order valence-corrected chi connectivity index (χ2v) is 10.2. The second kappa shape index (κ2) is 9.58. The summed E-state index contributed by atoms with van der Waals surface area (Å²) in [6.45, 7) is 5.87. The fourth-order valence-electron chi connectivity index (χ4n) is 3.70. The standard InChI is InChI=1S/C22H32N4O5S/c1-21(2,3)31-20(28)26-14-22(32-5,12-11-16(26)17-25(4)18(23)30-17)24-19(27)29-13-15-9-7-6-8-10-15/h6-10,16,18H,11-14,23H2,1-5H3/p+1/t16-,18?,22+/m1/s1. The topological polar surface area (TPSA) is 106 Å². The summed E-state index contributed by atoms with van der Waals surface area (Å²) < 4.78 is 18.5. The lowest BCUT2D eigenvalue weighted by molar-refractivity contribution is -0.639. The summed E-state index contributed by atoms with van der Waals surface area (Å²) in [6, 6.07) is 9.15. The monoisotopic (exact) mass is 465 g/mol. The van der Waals surface area contributed by atoms with Crippen molar-refractivity contribution in [1.29, 1.82) is 0 Å². The lowest BCUT2D eigenvalue weighted by Gasteiger charge is -2.45. The van der Waals surface area contributed by atoms with Crippen LogP contribution in [-0.4, -0.2) is 70.3 Å². The Hall–Kier alpha value is -2.46. The van der Waals surface area contributed by atoms with E-state index >= 15 is 0 Å². The summed E-state index contributed by atoms with van der Waals surface area (Å²) in [7, 11) is 1.83. The highest BCUT2D eigenvalue weighted by atomic mass is 32.2.